The van der Waals surface area contributed by atoms with Crippen molar-refractivity contribution in [2.24, 2.45) is 0 Å². The second-order valence-corrected chi connectivity index (χ2v) is 7.73. The number of fused-ring (bicyclic) bond motifs is 3. The fourth-order valence-electron chi connectivity index (χ4n) is 4.97. The van der Waals surface area contributed by atoms with Gasteiger partial charge in [-0.15, -0.1) is 12.4 Å². The van der Waals surface area contributed by atoms with Crippen molar-refractivity contribution in [3.8, 4) is 0 Å². The molecule has 0 unspecified atom stereocenters. The summed E-state index contributed by atoms with van der Waals surface area (Å²) >= 11 is 0. The molecule has 2 atom stereocenters. The van der Waals surface area contributed by atoms with Crippen molar-refractivity contribution in [2.45, 2.75) is 62.9 Å². The lowest BCUT2D eigenvalue weighted by Crippen LogP contribution is -2.59. The highest BCUT2D eigenvalue weighted by atomic mass is 35.5. The first-order valence-corrected chi connectivity index (χ1v) is 9.02. The topological polar surface area (TPSA) is 29.5 Å². The molecular formula is C20H29ClFNO2. The van der Waals surface area contributed by atoms with Gasteiger partial charge in [0, 0.05) is 12.3 Å². The molecule has 1 fully saturated rings. The summed E-state index contributed by atoms with van der Waals surface area (Å²) < 4.78 is 20.1. The second-order valence-electron chi connectivity index (χ2n) is 7.73. The monoisotopic (exact) mass is 369 g/mol. The molecule has 3 nitrogen and oxygen atoms in total. The SMILES string of the molecule is CC(=O)O[C@@]12CCCC[C@]1(CCN(C)C)c1cc(F)ccc1CC2.Cl. The lowest BCUT2D eigenvalue weighted by atomic mass is 9.53. The summed E-state index contributed by atoms with van der Waals surface area (Å²) in [6.45, 7) is 2.40. The molecule has 0 amide bonds. The Hall–Kier alpha value is -1.13. The van der Waals surface area contributed by atoms with Crippen LogP contribution in [0.15, 0.2) is 18.2 Å². The molecule has 25 heavy (non-hydrogen) atoms. The van der Waals surface area contributed by atoms with Gasteiger partial charge in [0.05, 0.1) is 0 Å². The Labute approximate surface area is 156 Å². The fraction of sp³-hybridized carbons (Fsp3) is 0.650. The van der Waals surface area contributed by atoms with Crippen LogP contribution >= 0.6 is 12.4 Å². The molecule has 1 aromatic rings. The quantitative estimate of drug-likeness (QED) is 0.743. The van der Waals surface area contributed by atoms with Gasteiger partial charge in [-0.3, -0.25) is 4.79 Å². The van der Waals surface area contributed by atoms with Crippen LogP contribution < -0.4 is 0 Å². The van der Waals surface area contributed by atoms with Gasteiger partial charge in [0.15, 0.2) is 0 Å². The number of halogens is 2. The van der Waals surface area contributed by atoms with Gasteiger partial charge in [-0.1, -0.05) is 12.5 Å². The summed E-state index contributed by atoms with van der Waals surface area (Å²) in [6.07, 6.45) is 6.61. The van der Waals surface area contributed by atoms with Crippen molar-refractivity contribution in [1.29, 1.82) is 0 Å². The van der Waals surface area contributed by atoms with Gasteiger partial charge in [-0.2, -0.15) is 0 Å². The van der Waals surface area contributed by atoms with E-state index < -0.39 is 5.60 Å². The third kappa shape index (κ3) is 3.56. The van der Waals surface area contributed by atoms with E-state index in [1.54, 1.807) is 12.1 Å². The largest absolute Gasteiger partial charge is 0.458 e. The van der Waals surface area contributed by atoms with Crippen LogP contribution in [0.2, 0.25) is 0 Å². The average molecular weight is 370 g/mol. The minimum atomic E-state index is -0.478. The first kappa shape index (κ1) is 20.2. The summed E-state index contributed by atoms with van der Waals surface area (Å²) in [5, 5.41) is 0. The van der Waals surface area contributed by atoms with Gasteiger partial charge in [0.2, 0.25) is 0 Å². The zero-order valence-electron chi connectivity index (χ0n) is 15.4. The number of carbonyl (C=O) groups excluding carboxylic acids is 1. The van der Waals surface area contributed by atoms with E-state index in [-0.39, 0.29) is 29.6 Å². The Bertz CT molecular complexity index is 636. The summed E-state index contributed by atoms with van der Waals surface area (Å²) in [6, 6.07) is 5.18. The molecule has 2 aliphatic rings. The molecule has 0 aliphatic heterocycles. The van der Waals surface area contributed by atoms with Crippen LogP contribution in [-0.4, -0.2) is 37.1 Å². The molecule has 0 aromatic heterocycles. The number of hydrogen-bond acceptors (Lipinski definition) is 3. The van der Waals surface area contributed by atoms with E-state index in [1.807, 2.05) is 6.07 Å². The maximum Gasteiger partial charge on any atom is 0.303 e. The number of esters is 1. The molecule has 0 bridgehead atoms. The van der Waals surface area contributed by atoms with Gasteiger partial charge < -0.3 is 9.64 Å². The number of nitrogens with zero attached hydrogens (tertiary/aromatic N) is 1. The van der Waals surface area contributed by atoms with Gasteiger partial charge in [0.25, 0.3) is 0 Å². The Morgan fingerprint density at radius 2 is 1.96 bits per heavy atom. The van der Waals surface area contributed by atoms with E-state index in [0.29, 0.717) is 0 Å². The van der Waals surface area contributed by atoms with E-state index in [2.05, 4.69) is 19.0 Å². The highest BCUT2D eigenvalue weighted by molar-refractivity contribution is 5.85. The van der Waals surface area contributed by atoms with E-state index in [1.165, 1.54) is 12.5 Å². The average Bonchev–Trinajstić information content (AvgIpc) is 2.52. The molecule has 3 rings (SSSR count). The van der Waals surface area contributed by atoms with Gasteiger partial charge in [0.1, 0.15) is 11.4 Å². The summed E-state index contributed by atoms with van der Waals surface area (Å²) in [5.41, 5.74) is 1.56. The third-order valence-corrected chi connectivity index (χ3v) is 6.02. The van der Waals surface area contributed by atoms with Crippen molar-refractivity contribution in [2.75, 3.05) is 20.6 Å². The number of carbonyl (C=O) groups is 1. The van der Waals surface area contributed by atoms with Crippen LogP contribution in [-0.2, 0) is 21.4 Å². The van der Waals surface area contributed by atoms with Crippen molar-refractivity contribution in [3.05, 3.63) is 35.1 Å². The zero-order chi connectivity index (χ0) is 17.4. The maximum absolute atomic E-state index is 14.1. The van der Waals surface area contributed by atoms with Crippen LogP contribution in [0.4, 0.5) is 4.39 Å². The Morgan fingerprint density at radius 3 is 2.64 bits per heavy atom. The van der Waals surface area contributed by atoms with Gasteiger partial charge in [-0.25, -0.2) is 4.39 Å². The van der Waals surface area contributed by atoms with Crippen LogP contribution in [0.1, 0.15) is 56.6 Å². The number of ether oxygens (including phenoxy) is 1. The van der Waals surface area contributed by atoms with E-state index in [4.69, 9.17) is 4.74 Å². The lowest BCUT2D eigenvalue weighted by molar-refractivity contribution is -0.177. The molecule has 1 aromatic carbocycles. The highest BCUT2D eigenvalue weighted by Crippen LogP contribution is 2.56. The summed E-state index contributed by atoms with van der Waals surface area (Å²) in [5.74, 6) is -0.409. The fourth-order valence-corrected chi connectivity index (χ4v) is 4.97. The van der Waals surface area contributed by atoms with Crippen LogP contribution in [0, 0.1) is 5.82 Å². The van der Waals surface area contributed by atoms with Crippen LogP contribution in [0.3, 0.4) is 0 Å². The summed E-state index contributed by atoms with van der Waals surface area (Å²) in [7, 11) is 4.12. The van der Waals surface area contributed by atoms with Crippen molar-refractivity contribution in [1.82, 2.24) is 4.90 Å². The van der Waals surface area contributed by atoms with Crippen LogP contribution in [0.5, 0.6) is 0 Å². The van der Waals surface area contributed by atoms with Gasteiger partial charge in [-0.05, 0) is 82.4 Å². The molecule has 5 heteroatoms. The Kier molecular flexibility index (Phi) is 6.16. The van der Waals surface area contributed by atoms with Crippen molar-refractivity contribution >= 4 is 18.4 Å². The number of hydrogen-bond donors (Lipinski definition) is 0. The lowest BCUT2D eigenvalue weighted by Gasteiger charge is -2.56. The molecule has 0 saturated heterocycles. The predicted molar refractivity (Wildman–Crippen MR) is 99.8 cm³/mol. The molecular weight excluding hydrogens is 341 g/mol. The molecule has 0 N–H and O–H groups in total. The normalized spacial score (nSPS) is 27.9. The number of aryl methyl sites for hydroxylation is 1. The molecule has 0 heterocycles. The highest BCUT2D eigenvalue weighted by Gasteiger charge is 2.58. The van der Waals surface area contributed by atoms with E-state index in [9.17, 15) is 9.18 Å². The van der Waals surface area contributed by atoms with Crippen molar-refractivity contribution < 1.29 is 13.9 Å². The standard InChI is InChI=1S/C20H28FNO2.ClH/c1-15(23)24-20-10-5-4-9-19(20,12-13-22(2)3)18-14-17(21)7-6-16(18)8-11-20;/h6-7,14H,4-5,8-13H2,1-3H3;1H/t19-,20+;/m0./s1. The molecule has 1 saturated carbocycles. The zero-order valence-corrected chi connectivity index (χ0v) is 16.3. The van der Waals surface area contributed by atoms with E-state index in [0.717, 1.165) is 57.1 Å². The first-order valence-electron chi connectivity index (χ1n) is 9.02. The minimum absolute atomic E-state index is 0. The molecule has 0 spiro atoms. The molecule has 0 radical (unpaired) electrons. The third-order valence-electron chi connectivity index (χ3n) is 6.02. The van der Waals surface area contributed by atoms with Crippen LogP contribution in [0.25, 0.3) is 0 Å². The predicted octanol–water partition coefficient (Wildman–Crippen LogP) is 4.26. The van der Waals surface area contributed by atoms with Gasteiger partial charge >= 0.3 is 5.97 Å². The Morgan fingerprint density at radius 1 is 1.24 bits per heavy atom. The second kappa shape index (κ2) is 7.63. The van der Waals surface area contributed by atoms with E-state index >= 15 is 0 Å². The van der Waals surface area contributed by atoms with Crippen molar-refractivity contribution in [3.63, 3.8) is 0 Å². The molecule has 140 valence electrons. The smallest absolute Gasteiger partial charge is 0.303 e. The summed E-state index contributed by atoms with van der Waals surface area (Å²) in [4.78, 5) is 14.1. The number of benzene rings is 1. The Balaban J connectivity index is 0.00000225. The first-order chi connectivity index (χ1) is 11.4. The minimum Gasteiger partial charge on any atom is -0.458 e. The maximum atomic E-state index is 14.1. The molecule has 2 aliphatic carbocycles. The number of rotatable bonds is 4.